The predicted molar refractivity (Wildman–Crippen MR) is 99.0 cm³/mol. The zero-order valence-electron chi connectivity index (χ0n) is 15.7. The minimum atomic E-state index is -0.290. The summed E-state index contributed by atoms with van der Waals surface area (Å²) < 4.78 is 10.8. The second-order valence-corrected chi connectivity index (χ2v) is 7.28. The molecule has 0 atom stereocenters. The molecule has 1 aliphatic rings. The molecule has 6 nitrogen and oxygen atoms in total. The number of carbonyl (C=O) groups is 2. The summed E-state index contributed by atoms with van der Waals surface area (Å²) in [4.78, 5) is 28.1. The first-order chi connectivity index (χ1) is 12.4. The summed E-state index contributed by atoms with van der Waals surface area (Å²) >= 11 is 0. The largest absolute Gasteiger partial charge is 0.464 e. The maximum atomic E-state index is 12.6. The van der Waals surface area contributed by atoms with Gasteiger partial charge in [-0.15, -0.1) is 0 Å². The van der Waals surface area contributed by atoms with Crippen LogP contribution in [0.1, 0.15) is 25.0 Å². The van der Waals surface area contributed by atoms with Crippen molar-refractivity contribution in [2.24, 2.45) is 5.92 Å². The number of nitrogens with zero attached hydrogens (tertiary/aromatic N) is 2. The first kappa shape index (κ1) is 18.3. The van der Waals surface area contributed by atoms with Crippen LogP contribution in [0, 0.1) is 12.8 Å². The highest BCUT2D eigenvalue weighted by Gasteiger charge is 2.25. The van der Waals surface area contributed by atoms with Crippen LogP contribution in [0.5, 0.6) is 0 Å². The van der Waals surface area contributed by atoms with Gasteiger partial charge >= 0.3 is 6.09 Å². The van der Waals surface area contributed by atoms with E-state index in [0.29, 0.717) is 45.1 Å². The van der Waals surface area contributed by atoms with Gasteiger partial charge in [-0.2, -0.15) is 0 Å². The second kappa shape index (κ2) is 7.81. The normalized spacial score (nSPS) is 14.9. The van der Waals surface area contributed by atoms with Crippen molar-refractivity contribution < 1.29 is 18.7 Å². The lowest BCUT2D eigenvalue weighted by atomic mass is 10.1. The van der Waals surface area contributed by atoms with Gasteiger partial charge in [0.15, 0.2) is 0 Å². The minimum Gasteiger partial charge on any atom is -0.464 e. The molecule has 0 saturated carbocycles. The van der Waals surface area contributed by atoms with Crippen molar-refractivity contribution in [2.45, 2.75) is 27.2 Å². The molecular formula is C20H26N2O4. The Balaban J connectivity index is 1.54. The Hall–Kier alpha value is -2.50. The zero-order chi connectivity index (χ0) is 18.7. The van der Waals surface area contributed by atoms with E-state index in [2.05, 4.69) is 0 Å². The summed E-state index contributed by atoms with van der Waals surface area (Å²) in [6, 6.07) is 6.00. The molecule has 0 radical (unpaired) electrons. The Bertz CT molecular complexity index is 788. The maximum Gasteiger partial charge on any atom is 0.409 e. The summed E-state index contributed by atoms with van der Waals surface area (Å²) in [7, 11) is 0. The van der Waals surface area contributed by atoms with Crippen LogP contribution < -0.4 is 0 Å². The first-order valence-corrected chi connectivity index (χ1v) is 9.10. The molecule has 0 bridgehead atoms. The molecule has 26 heavy (non-hydrogen) atoms. The van der Waals surface area contributed by atoms with E-state index in [0.717, 1.165) is 22.1 Å². The number of fused-ring (bicyclic) bond motifs is 1. The molecule has 1 aliphatic heterocycles. The standard InChI is InChI=1S/C20H26N2O4/c1-14(2)12-26-20(24)22-8-6-21(7-9-22)19(23)11-16-13-25-18-10-15(3)4-5-17(16)18/h4-5,10,13-14H,6-9,11-12H2,1-3H3. The lowest BCUT2D eigenvalue weighted by molar-refractivity contribution is -0.132. The summed E-state index contributed by atoms with van der Waals surface area (Å²) in [5.41, 5.74) is 2.85. The van der Waals surface area contributed by atoms with Crippen molar-refractivity contribution in [1.29, 1.82) is 0 Å². The molecule has 1 fully saturated rings. The van der Waals surface area contributed by atoms with E-state index in [4.69, 9.17) is 9.15 Å². The smallest absolute Gasteiger partial charge is 0.409 e. The number of hydrogen-bond donors (Lipinski definition) is 0. The van der Waals surface area contributed by atoms with E-state index >= 15 is 0 Å². The highest BCUT2D eigenvalue weighted by molar-refractivity contribution is 5.88. The summed E-state index contributed by atoms with van der Waals surface area (Å²) in [5, 5.41) is 0.986. The molecule has 140 valence electrons. The highest BCUT2D eigenvalue weighted by atomic mass is 16.6. The third-order valence-electron chi connectivity index (χ3n) is 4.58. The SMILES string of the molecule is Cc1ccc2c(CC(=O)N3CCN(C(=O)OCC(C)C)CC3)coc2c1. The van der Waals surface area contributed by atoms with Crippen molar-refractivity contribution in [1.82, 2.24) is 9.80 Å². The van der Waals surface area contributed by atoms with Gasteiger partial charge in [0, 0.05) is 37.1 Å². The summed E-state index contributed by atoms with van der Waals surface area (Å²) in [6.07, 6.45) is 1.69. The van der Waals surface area contributed by atoms with Gasteiger partial charge in [-0.25, -0.2) is 4.79 Å². The van der Waals surface area contributed by atoms with E-state index in [9.17, 15) is 9.59 Å². The molecule has 2 amide bonds. The Labute approximate surface area is 153 Å². The van der Waals surface area contributed by atoms with E-state index in [1.165, 1.54) is 0 Å². The zero-order valence-corrected chi connectivity index (χ0v) is 15.7. The lowest BCUT2D eigenvalue weighted by Gasteiger charge is -2.34. The number of furan rings is 1. The number of rotatable bonds is 4. The third kappa shape index (κ3) is 4.18. The van der Waals surface area contributed by atoms with Crippen LogP contribution >= 0.6 is 0 Å². The van der Waals surface area contributed by atoms with Crippen LogP contribution in [0.2, 0.25) is 0 Å². The maximum absolute atomic E-state index is 12.6. The Morgan fingerprint density at radius 2 is 1.85 bits per heavy atom. The average molecular weight is 358 g/mol. The highest BCUT2D eigenvalue weighted by Crippen LogP contribution is 2.23. The molecule has 0 unspecified atom stereocenters. The Morgan fingerprint density at radius 1 is 1.15 bits per heavy atom. The van der Waals surface area contributed by atoms with E-state index in [-0.39, 0.29) is 12.0 Å². The minimum absolute atomic E-state index is 0.0588. The molecule has 3 rings (SSSR count). The number of aryl methyl sites for hydroxylation is 1. The second-order valence-electron chi connectivity index (χ2n) is 7.28. The molecule has 0 aliphatic carbocycles. The predicted octanol–water partition coefficient (Wildman–Crippen LogP) is 3.22. The quantitative estimate of drug-likeness (QED) is 0.842. The van der Waals surface area contributed by atoms with Gasteiger partial charge in [0.25, 0.3) is 0 Å². The van der Waals surface area contributed by atoms with Gasteiger partial charge in [0.05, 0.1) is 19.3 Å². The average Bonchev–Trinajstić information content (AvgIpc) is 3.01. The molecule has 0 N–H and O–H groups in total. The Morgan fingerprint density at radius 3 is 2.54 bits per heavy atom. The van der Waals surface area contributed by atoms with Crippen molar-refractivity contribution >= 4 is 23.0 Å². The van der Waals surface area contributed by atoms with E-state index in [1.807, 2.05) is 39.0 Å². The summed E-state index contributed by atoms with van der Waals surface area (Å²) in [6.45, 7) is 8.52. The Kier molecular flexibility index (Phi) is 5.49. The van der Waals surface area contributed by atoms with Gasteiger partial charge in [0.1, 0.15) is 5.58 Å². The lowest BCUT2D eigenvalue weighted by Crippen LogP contribution is -2.51. The van der Waals surface area contributed by atoms with Crippen LogP contribution in [0.4, 0.5) is 4.79 Å². The molecular weight excluding hydrogens is 332 g/mol. The molecule has 0 spiro atoms. The number of benzene rings is 1. The van der Waals surface area contributed by atoms with E-state index in [1.54, 1.807) is 16.1 Å². The van der Waals surface area contributed by atoms with Crippen LogP contribution in [0.15, 0.2) is 28.9 Å². The van der Waals surface area contributed by atoms with Gasteiger partial charge in [-0.3, -0.25) is 4.79 Å². The van der Waals surface area contributed by atoms with Crippen LogP contribution in [0.25, 0.3) is 11.0 Å². The van der Waals surface area contributed by atoms with Crippen molar-refractivity contribution in [3.63, 3.8) is 0 Å². The molecule has 1 aromatic carbocycles. The van der Waals surface area contributed by atoms with Crippen LogP contribution in [-0.4, -0.2) is 54.6 Å². The van der Waals surface area contributed by atoms with Crippen molar-refractivity contribution in [3.8, 4) is 0 Å². The third-order valence-corrected chi connectivity index (χ3v) is 4.58. The topological polar surface area (TPSA) is 63.0 Å². The first-order valence-electron chi connectivity index (χ1n) is 9.10. The van der Waals surface area contributed by atoms with E-state index < -0.39 is 0 Å². The van der Waals surface area contributed by atoms with Crippen molar-refractivity contribution in [2.75, 3.05) is 32.8 Å². The monoisotopic (exact) mass is 358 g/mol. The summed E-state index contributed by atoms with van der Waals surface area (Å²) in [5.74, 6) is 0.374. The van der Waals surface area contributed by atoms with Crippen molar-refractivity contribution in [3.05, 3.63) is 35.6 Å². The fraction of sp³-hybridized carbons (Fsp3) is 0.500. The van der Waals surface area contributed by atoms with Gasteiger partial charge in [-0.05, 0) is 24.5 Å². The number of amides is 2. The fourth-order valence-corrected chi connectivity index (χ4v) is 3.07. The number of ether oxygens (including phenoxy) is 1. The molecule has 2 heterocycles. The van der Waals surface area contributed by atoms with Gasteiger partial charge < -0.3 is 19.0 Å². The van der Waals surface area contributed by atoms with Crippen LogP contribution in [-0.2, 0) is 16.0 Å². The molecule has 2 aromatic rings. The molecule has 1 aromatic heterocycles. The van der Waals surface area contributed by atoms with Crippen LogP contribution in [0.3, 0.4) is 0 Å². The number of piperazine rings is 1. The fourth-order valence-electron chi connectivity index (χ4n) is 3.07. The van der Waals surface area contributed by atoms with Gasteiger partial charge in [0.2, 0.25) is 5.91 Å². The number of carbonyl (C=O) groups excluding carboxylic acids is 2. The molecule has 6 heteroatoms. The van der Waals surface area contributed by atoms with Gasteiger partial charge in [-0.1, -0.05) is 26.0 Å². The number of hydrogen-bond acceptors (Lipinski definition) is 4. The molecule has 1 saturated heterocycles.